The minimum absolute atomic E-state index is 0.0194. The smallest absolute Gasteiger partial charge is 0.237 e. The van der Waals surface area contributed by atoms with Crippen LogP contribution >= 0.6 is 0 Å². The molecule has 0 saturated heterocycles. The van der Waals surface area contributed by atoms with E-state index in [0.717, 1.165) is 24.0 Å². The normalized spacial score (nSPS) is 20.3. The lowest BCUT2D eigenvalue weighted by atomic mass is 10.1. The molecule has 1 aliphatic rings. The fraction of sp³-hybridized carbons (Fsp3) is 0.417. The summed E-state index contributed by atoms with van der Waals surface area (Å²) in [7, 11) is 0. The number of halogens is 1. The second kappa shape index (κ2) is 4.22. The molecule has 2 rings (SSSR count). The maximum absolute atomic E-state index is 13.0. The second-order valence-corrected chi connectivity index (χ2v) is 4.23. The number of rotatable bonds is 2. The van der Waals surface area contributed by atoms with Crippen LogP contribution < -0.4 is 11.1 Å². The van der Waals surface area contributed by atoms with Gasteiger partial charge >= 0.3 is 0 Å². The molecule has 0 heterocycles. The van der Waals surface area contributed by atoms with Gasteiger partial charge in [-0.25, -0.2) is 4.39 Å². The van der Waals surface area contributed by atoms with Crippen molar-refractivity contribution in [1.29, 1.82) is 0 Å². The summed E-state index contributed by atoms with van der Waals surface area (Å²) in [5, 5.41) is 2.87. The van der Waals surface area contributed by atoms with E-state index in [1.54, 1.807) is 13.0 Å². The van der Waals surface area contributed by atoms with Gasteiger partial charge in [-0.05, 0) is 43.0 Å². The number of hydrogen-bond donors (Lipinski definition) is 2. The van der Waals surface area contributed by atoms with Gasteiger partial charge in [-0.3, -0.25) is 4.79 Å². The molecule has 3 nitrogen and oxygen atoms in total. The summed E-state index contributed by atoms with van der Waals surface area (Å²) in [5.41, 5.74) is 7.48. The highest BCUT2D eigenvalue weighted by molar-refractivity contribution is 5.81. The molecule has 0 fully saturated rings. The zero-order valence-corrected chi connectivity index (χ0v) is 9.16. The zero-order valence-electron chi connectivity index (χ0n) is 9.16. The van der Waals surface area contributed by atoms with Crippen molar-refractivity contribution < 1.29 is 9.18 Å². The van der Waals surface area contributed by atoms with Crippen LogP contribution in [-0.2, 0) is 11.2 Å². The lowest BCUT2D eigenvalue weighted by Gasteiger charge is -2.15. The number of nitrogens with two attached hydrogens (primary N) is 1. The molecular formula is C12H15FN2O. The largest absolute Gasteiger partial charge is 0.348 e. The average Bonchev–Trinajstić information content (AvgIpc) is 2.60. The third kappa shape index (κ3) is 2.07. The lowest BCUT2D eigenvalue weighted by Crippen LogP contribution is -2.39. The van der Waals surface area contributed by atoms with Gasteiger partial charge in [0.15, 0.2) is 0 Å². The van der Waals surface area contributed by atoms with E-state index in [1.165, 1.54) is 12.1 Å². The highest BCUT2D eigenvalue weighted by Gasteiger charge is 2.24. The average molecular weight is 222 g/mol. The molecule has 1 aromatic carbocycles. The first-order valence-corrected chi connectivity index (χ1v) is 5.42. The monoisotopic (exact) mass is 222 g/mol. The number of nitrogens with one attached hydrogen (secondary N) is 1. The van der Waals surface area contributed by atoms with Crippen LogP contribution in [0.15, 0.2) is 18.2 Å². The first kappa shape index (κ1) is 11.1. The summed E-state index contributed by atoms with van der Waals surface area (Å²) in [6.45, 7) is 1.65. The predicted octanol–water partition coefficient (Wildman–Crippen LogP) is 1.28. The molecule has 1 amide bonds. The number of aryl methyl sites for hydroxylation is 1. The van der Waals surface area contributed by atoms with Gasteiger partial charge < -0.3 is 11.1 Å². The molecule has 2 atom stereocenters. The van der Waals surface area contributed by atoms with Gasteiger partial charge in [0.25, 0.3) is 0 Å². The van der Waals surface area contributed by atoms with Crippen LogP contribution in [0.1, 0.15) is 30.5 Å². The first-order chi connectivity index (χ1) is 7.58. The van der Waals surface area contributed by atoms with Crippen molar-refractivity contribution in [3.63, 3.8) is 0 Å². The third-order valence-electron chi connectivity index (χ3n) is 2.91. The summed E-state index contributed by atoms with van der Waals surface area (Å²) in [4.78, 5) is 11.5. The van der Waals surface area contributed by atoms with Crippen LogP contribution in [0.3, 0.4) is 0 Å². The number of carbonyl (C=O) groups is 1. The summed E-state index contributed by atoms with van der Waals surface area (Å²) in [6.07, 6.45) is 1.62. The Balaban J connectivity index is 2.15. The molecule has 3 N–H and O–H groups in total. The molecule has 16 heavy (non-hydrogen) atoms. The Morgan fingerprint density at radius 1 is 1.62 bits per heavy atom. The van der Waals surface area contributed by atoms with E-state index in [9.17, 15) is 9.18 Å². The Morgan fingerprint density at radius 2 is 2.38 bits per heavy atom. The molecule has 0 bridgehead atoms. The van der Waals surface area contributed by atoms with Gasteiger partial charge in [0.2, 0.25) is 5.91 Å². The molecule has 1 unspecified atom stereocenters. The molecule has 1 aromatic rings. The van der Waals surface area contributed by atoms with Gasteiger partial charge in [0.1, 0.15) is 5.82 Å². The van der Waals surface area contributed by atoms with Crippen LogP contribution in [0.4, 0.5) is 4.39 Å². The quantitative estimate of drug-likeness (QED) is 0.792. The van der Waals surface area contributed by atoms with Crippen LogP contribution in [0.25, 0.3) is 0 Å². The number of fused-ring (bicyclic) bond motifs is 1. The molecule has 0 spiro atoms. The van der Waals surface area contributed by atoms with E-state index in [-0.39, 0.29) is 17.8 Å². The predicted molar refractivity (Wildman–Crippen MR) is 59.3 cm³/mol. The Kier molecular flexibility index (Phi) is 2.92. The molecule has 0 saturated carbocycles. The topological polar surface area (TPSA) is 55.1 Å². The standard InChI is InChI=1S/C12H15FN2O/c1-7(14)12(16)15-11-5-2-8-6-9(13)3-4-10(8)11/h3-4,6-7,11H,2,5,14H2,1H3,(H,15,16)/t7-,11?/m1/s1. The first-order valence-electron chi connectivity index (χ1n) is 5.42. The van der Waals surface area contributed by atoms with Crippen molar-refractivity contribution in [2.24, 2.45) is 5.73 Å². The van der Waals surface area contributed by atoms with Gasteiger partial charge in [0.05, 0.1) is 12.1 Å². The van der Waals surface area contributed by atoms with E-state index >= 15 is 0 Å². The molecule has 1 aliphatic carbocycles. The second-order valence-electron chi connectivity index (χ2n) is 4.23. The molecule has 4 heteroatoms. The Bertz CT molecular complexity index is 417. The van der Waals surface area contributed by atoms with Crippen LogP contribution in [-0.4, -0.2) is 11.9 Å². The summed E-state index contributed by atoms with van der Waals surface area (Å²) < 4.78 is 13.0. The van der Waals surface area contributed by atoms with E-state index in [1.807, 2.05) is 0 Å². The number of carbonyl (C=O) groups excluding carboxylic acids is 1. The van der Waals surface area contributed by atoms with E-state index in [0.29, 0.717) is 0 Å². The third-order valence-corrected chi connectivity index (χ3v) is 2.91. The van der Waals surface area contributed by atoms with Gasteiger partial charge in [-0.1, -0.05) is 6.07 Å². The summed E-state index contributed by atoms with van der Waals surface area (Å²) >= 11 is 0. The Morgan fingerprint density at radius 3 is 3.06 bits per heavy atom. The van der Waals surface area contributed by atoms with Crippen molar-refractivity contribution in [2.45, 2.75) is 31.8 Å². The molecule has 0 aromatic heterocycles. The number of benzene rings is 1. The summed E-state index contributed by atoms with van der Waals surface area (Å²) in [5.74, 6) is -0.389. The van der Waals surface area contributed by atoms with Crippen LogP contribution in [0.5, 0.6) is 0 Å². The van der Waals surface area contributed by atoms with Crippen LogP contribution in [0, 0.1) is 5.82 Å². The van der Waals surface area contributed by atoms with Crippen molar-refractivity contribution in [3.05, 3.63) is 35.1 Å². The SMILES string of the molecule is C[C@@H](N)C(=O)NC1CCc2cc(F)ccc21. The lowest BCUT2D eigenvalue weighted by molar-refractivity contribution is -0.122. The van der Waals surface area contributed by atoms with E-state index in [4.69, 9.17) is 5.73 Å². The number of amides is 1. The highest BCUT2D eigenvalue weighted by atomic mass is 19.1. The summed E-state index contributed by atoms with van der Waals surface area (Å²) in [6, 6.07) is 4.17. The molecule has 0 radical (unpaired) electrons. The van der Waals surface area contributed by atoms with Crippen molar-refractivity contribution in [1.82, 2.24) is 5.32 Å². The number of hydrogen-bond acceptors (Lipinski definition) is 2. The minimum Gasteiger partial charge on any atom is -0.348 e. The Labute approximate surface area is 93.8 Å². The van der Waals surface area contributed by atoms with Gasteiger partial charge in [-0.2, -0.15) is 0 Å². The molecular weight excluding hydrogens is 207 g/mol. The van der Waals surface area contributed by atoms with Crippen molar-refractivity contribution in [2.75, 3.05) is 0 Å². The fourth-order valence-corrected chi connectivity index (χ4v) is 2.04. The van der Waals surface area contributed by atoms with Crippen LogP contribution in [0.2, 0.25) is 0 Å². The highest BCUT2D eigenvalue weighted by Crippen LogP contribution is 2.31. The minimum atomic E-state index is -0.510. The van der Waals surface area contributed by atoms with Gasteiger partial charge in [-0.15, -0.1) is 0 Å². The zero-order chi connectivity index (χ0) is 11.7. The molecule has 0 aliphatic heterocycles. The molecule has 86 valence electrons. The van der Waals surface area contributed by atoms with E-state index < -0.39 is 6.04 Å². The van der Waals surface area contributed by atoms with E-state index in [2.05, 4.69) is 5.32 Å². The van der Waals surface area contributed by atoms with Crippen molar-refractivity contribution >= 4 is 5.91 Å². The van der Waals surface area contributed by atoms with Gasteiger partial charge in [0, 0.05) is 0 Å². The fourth-order valence-electron chi connectivity index (χ4n) is 2.04. The maximum atomic E-state index is 13.0. The Hall–Kier alpha value is -1.42. The maximum Gasteiger partial charge on any atom is 0.237 e. The van der Waals surface area contributed by atoms with Crippen molar-refractivity contribution in [3.8, 4) is 0 Å².